The van der Waals surface area contributed by atoms with Gasteiger partial charge in [0.05, 0.1) is 0 Å². The van der Waals surface area contributed by atoms with E-state index >= 15 is 0 Å². The van der Waals surface area contributed by atoms with E-state index in [4.69, 9.17) is 6.42 Å². The first-order valence-corrected chi connectivity index (χ1v) is 5.22. The largest absolute Gasteiger partial charge is 0.505 e. The number of carbonyl (C=O) groups is 1. The van der Waals surface area contributed by atoms with E-state index in [0.717, 1.165) is 0 Å². The van der Waals surface area contributed by atoms with Crippen LogP contribution in [0.15, 0.2) is 42.6 Å². The van der Waals surface area contributed by atoms with Gasteiger partial charge in [-0.25, -0.2) is 4.98 Å². The zero-order valence-electron chi connectivity index (χ0n) is 9.42. The summed E-state index contributed by atoms with van der Waals surface area (Å²) >= 11 is 0. The molecule has 0 saturated heterocycles. The van der Waals surface area contributed by atoms with E-state index in [0.29, 0.717) is 11.3 Å². The van der Waals surface area contributed by atoms with Gasteiger partial charge in [-0.3, -0.25) is 4.79 Å². The summed E-state index contributed by atoms with van der Waals surface area (Å²) in [5.41, 5.74) is 1.20. The van der Waals surface area contributed by atoms with Crippen molar-refractivity contribution in [1.82, 2.24) is 4.98 Å². The first-order chi connectivity index (χ1) is 8.70. The molecular formula is C14H10N2O2. The van der Waals surface area contributed by atoms with E-state index < -0.39 is 5.91 Å². The van der Waals surface area contributed by atoms with E-state index in [1.54, 1.807) is 30.3 Å². The maximum Gasteiger partial charge on any atom is 0.278 e. The van der Waals surface area contributed by atoms with Crippen molar-refractivity contribution in [3.05, 3.63) is 53.9 Å². The summed E-state index contributed by atoms with van der Waals surface area (Å²) in [6.45, 7) is 0. The van der Waals surface area contributed by atoms with Gasteiger partial charge in [0.15, 0.2) is 5.69 Å². The van der Waals surface area contributed by atoms with Crippen molar-refractivity contribution in [2.75, 3.05) is 5.32 Å². The molecule has 88 valence electrons. The average molecular weight is 238 g/mol. The van der Waals surface area contributed by atoms with Gasteiger partial charge in [-0.2, -0.15) is 0 Å². The van der Waals surface area contributed by atoms with Gasteiger partial charge in [-0.05, 0) is 30.3 Å². The molecule has 1 heterocycles. The molecule has 0 atom stereocenters. The van der Waals surface area contributed by atoms with Gasteiger partial charge in [0.2, 0.25) is 0 Å². The predicted octanol–water partition coefficient (Wildman–Crippen LogP) is 2.02. The van der Waals surface area contributed by atoms with E-state index in [1.807, 2.05) is 0 Å². The number of nitrogens with one attached hydrogen (secondary N) is 1. The van der Waals surface area contributed by atoms with Crippen molar-refractivity contribution in [2.24, 2.45) is 0 Å². The van der Waals surface area contributed by atoms with Crippen molar-refractivity contribution in [3.63, 3.8) is 0 Å². The van der Waals surface area contributed by atoms with Gasteiger partial charge in [-0.1, -0.05) is 12.0 Å². The minimum absolute atomic E-state index is 0.0244. The van der Waals surface area contributed by atoms with Gasteiger partial charge in [0.1, 0.15) is 5.75 Å². The molecule has 0 unspecified atom stereocenters. The normalized spacial score (nSPS) is 9.50. The fourth-order valence-electron chi connectivity index (χ4n) is 1.45. The molecule has 2 aromatic rings. The molecule has 0 saturated carbocycles. The highest BCUT2D eigenvalue weighted by molar-refractivity contribution is 6.04. The van der Waals surface area contributed by atoms with Crippen LogP contribution >= 0.6 is 0 Å². The number of aromatic nitrogens is 1. The van der Waals surface area contributed by atoms with Gasteiger partial charge < -0.3 is 10.4 Å². The lowest BCUT2D eigenvalue weighted by Crippen LogP contribution is -2.13. The molecule has 18 heavy (non-hydrogen) atoms. The number of rotatable bonds is 2. The first kappa shape index (κ1) is 11.7. The minimum Gasteiger partial charge on any atom is -0.505 e. The van der Waals surface area contributed by atoms with E-state index in [2.05, 4.69) is 16.2 Å². The first-order valence-electron chi connectivity index (χ1n) is 5.22. The van der Waals surface area contributed by atoms with Crippen LogP contribution in [-0.2, 0) is 0 Å². The maximum absolute atomic E-state index is 11.8. The summed E-state index contributed by atoms with van der Waals surface area (Å²) in [4.78, 5) is 15.7. The number of terminal acetylenes is 1. The van der Waals surface area contributed by atoms with Crippen molar-refractivity contribution in [1.29, 1.82) is 0 Å². The molecule has 2 rings (SSSR count). The fourth-order valence-corrected chi connectivity index (χ4v) is 1.45. The molecule has 1 amide bonds. The summed E-state index contributed by atoms with van der Waals surface area (Å²) in [6.07, 6.45) is 6.71. The summed E-state index contributed by atoms with van der Waals surface area (Å²) in [5, 5.41) is 12.1. The Hall–Kier alpha value is -2.80. The summed E-state index contributed by atoms with van der Waals surface area (Å²) in [5.74, 6) is 1.83. The summed E-state index contributed by atoms with van der Waals surface area (Å²) in [6, 6.07) is 9.82. The van der Waals surface area contributed by atoms with Crippen LogP contribution in [0.4, 0.5) is 5.69 Å². The Bertz CT molecular complexity index is 630. The monoisotopic (exact) mass is 238 g/mol. The third-order valence-electron chi connectivity index (χ3n) is 2.29. The second-order valence-electron chi connectivity index (χ2n) is 3.55. The van der Waals surface area contributed by atoms with Crippen LogP contribution < -0.4 is 5.32 Å². The lowest BCUT2D eigenvalue weighted by atomic mass is 10.2. The van der Waals surface area contributed by atoms with Gasteiger partial charge >= 0.3 is 0 Å². The fraction of sp³-hybridized carbons (Fsp3) is 0. The van der Waals surface area contributed by atoms with Crippen molar-refractivity contribution < 1.29 is 9.90 Å². The third-order valence-corrected chi connectivity index (χ3v) is 2.29. The number of amides is 1. The molecule has 0 bridgehead atoms. The second kappa shape index (κ2) is 5.02. The highest BCUT2D eigenvalue weighted by atomic mass is 16.3. The molecule has 1 aromatic heterocycles. The van der Waals surface area contributed by atoms with Crippen LogP contribution in [0, 0.1) is 12.3 Å². The van der Waals surface area contributed by atoms with E-state index in [-0.39, 0.29) is 11.4 Å². The third kappa shape index (κ3) is 2.47. The van der Waals surface area contributed by atoms with E-state index in [1.165, 1.54) is 12.3 Å². The Morgan fingerprint density at radius 2 is 2.17 bits per heavy atom. The van der Waals surface area contributed by atoms with Crippen molar-refractivity contribution >= 4 is 11.6 Å². The molecule has 0 aliphatic carbocycles. The smallest absolute Gasteiger partial charge is 0.278 e. The minimum atomic E-state index is -0.484. The highest BCUT2D eigenvalue weighted by Gasteiger charge is 2.12. The van der Waals surface area contributed by atoms with Crippen LogP contribution in [0.1, 0.15) is 16.1 Å². The molecule has 4 heteroatoms. The number of carbonyl (C=O) groups excluding carboxylic acids is 1. The van der Waals surface area contributed by atoms with Gasteiger partial charge in [0, 0.05) is 17.4 Å². The number of hydrogen-bond donors (Lipinski definition) is 2. The number of aromatic hydroxyl groups is 1. The van der Waals surface area contributed by atoms with Crippen LogP contribution in [0.25, 0.3) is 0 Å². The van der Waals surface area contributed by atoms with E-state index in [9.17, 15) is 9.90 Å². The standard InChI is InChI=1S/C14H10N2O2/c1-2-10-5-3-6-11(9-10)16-14(18)13-12(17)7-4-8-15-13/h1,3-9,17H,(H,16,18). The zero-order chi connectivity index (χ0) is 13.0. The zero-order valence-corrected chi connectivity index (χ0v) is 9.42. The van der Waals surface area contributed by atoms with Gasteiger partial charge in [0.25, 0.3) is 5.91 Å². The topological polar surface area (TPSA) is 62.2 Å². The lowest BCUT2D eigenvalue weighted by molar-refractivity contribution is 0.101. The molecule has 0 fully saturated rings. The van der Waals surface area contributed by atoms with Crippen molar-refractivity contribution in [3.8, 4) is 18.1 Å². The molecular weight excluding hydrogens is 228 g/mol. The van der Waals surface area contributed by atoms with Gasteiger partial charge in [-0.15, -0.1) is 6.42 Å². The summed E-state index contributed by atoms with van der Waals surface area (Å²) in [7, 11) is 0. The maximum atomic E-state index is 11.8. The Labute approximate surface area is 104 Å². The van der Waals surface area contributed by atoms with Crippen LogP contribution in [0.3, 0.4) is 0 Å². The Kier molecular flexibility index (Phi) is 3.26. The van der Waals surface area contributed by atoms with Crippen LogP contribution in [0.5, 0.6) is 5.75 Å². The molecule has 0 spiro atoms. The lowest BCUT2D eigenvalue weighted by Gasteiger charge is -2.06. The predicted molar refractivity (Wildman–Crippen MR) is 68.2 cm³/mol. The number of hydrogen-bond acceptors (Lipinski definition) is 3. The average Bonchev–Trinajstić information content (AvgIpc) is 2.39. The Morgan fingerprint density at radius 3 is 2.89 bits per heavy atom. The summed E-state index contributed by atoms with van der Waals surface area (Å²) < 4.78 is 0. The highest BCUT2D eigenvalue weighted by Crippen LogP contribution is 2.16. The van der Waals surface area contributed by atoms with Crippen molar-refractivity contribution in [2.45, 2.75) is 0 Å². The molecule has 2 N–H and O–H groups in total. The number of benzene rings is 1. The number of nitrogens with zero attached hydrogens (tertiary/aromatic N) is 1. The molecule has 1 aromatic carbocycles. The molecule has 0 aliphatic heterocycles. The van der Waals surface area contributed by atoms with Crippen LogP contribution in [0.2, 0.25) is 0 Å². The Morgan fingerprint density at radius 1 is 1.33 bits per heavy atom. The number of pyridine rings is 1. The molecule has 0 radical (unpaired) electrons. The van der Waals surface area contributed by atoms with Crippen LogP contribution in [-0.4, -0.2) is 16.0 Å². The quantitative estimate of drug-likeness (QED) is 0.787. The number of anilines is 1. The molecule has 4 nitrogen and oxygen atoms in total. The SMILES string of the molecule is C#Cc1cccc(NC(=O)c2ncccc2O)c1. The second-order valence-corrected chi connectivity index (χ2v) is 3.55. The molecule has 0 aliphatic rings. The Balaban J connectivity index is 2.22.